The molecule has 1 fully saturated rings. The van der Waals surface area contributed by atoms with Crippen molar-refractivity contribution in [1.82, 2.24) is 24.7 Å². The molecule has 1 saturated carbocycles. The minimum Gasteiger partial charge on any atom is -0.350 e. The highest BCUT2D eigenvalue weighted by Gasteiger charge is 2.17. The van der Waals surface area contributed by atoms with Gasteiger partial charge >= 0.3 is 5.69 Å². The lowest BCUT2D eigenvalue weighted by atomic mass is 10.0. The van der Waals surface area contributed by atoms with Gasteiger partial charge in [-0.05, 0) is 36.6 Å². The van der Waals surface area contributed by atoms with Gasteiger partial charge < -0.3 is 5.32 Å². The van der Waals surface area contributed by atoms with E-state index in [2.05, 4.69) is 15.5 Å². The zero-order valence-electron chi connectivity index (χ0n) is 15.9. The maximum Gasteiger partial charge on any atom is 0.367 e. The number of halogens is 1. The van der Waals surface area contributed by atoms with E-state index < -0.39 is 5.69 Å². The third-order valence-electron chi connectivity index (χ3n) is 4.98. The molecule has 3 aromatic rings. The van der Waals surface area contributed by atoms with Crippen LogP contribution in [0.25, 0.3) is 5.65 Å². The molecule has 0 bridgehead atoms. The fourth-order valence-electron chi connectivity index (χ4n) is 3.44. The highest BCUT2D eigenvalue weighted by molar-refractivity contribution is 7.99. The van der Waals surface area contributed by atoms with E-state index in [1.165, 1.54) is 36.6 Å². The second-order valence-corrected chi connectivity index (χ2v) is 8.86. The Kier molecular flexibility index (Phi) is 6.20. The van der Waals surface area contributed by atoms with Gasteiger partial charge in [0.15, 0.2) is 5.65 Å². The molecule has 9 heteroatoms. The van der Waals surface area contributed by atoms with Crippen LogP contribution in [0.2, 0.25) is 5.02 Å². The van der Waals surface area contributed by atoms with E-state index >= 15 is 0 Å². The van der Waals surface area contributed by atoms with E-state index in [1.807, 2.05) is 24.3 Å². The van der Waals surface area contributed by atoms with Crippen LogP contribution in [0, 0.1) is 0 Å². The molecule has 0 saturated heterocycles. The van der Waals surface area contributed by atoms with Crippen molar-refractivity contribution < 1.29 is 4.79 Å². The van der Waals surface area contributed by atoms with Crippen LogP contribution in [0.4, 0.5) is 0 Å². The largest absolute Gasteiger partial charge is 0.367 e. The number of thioether (sulfide) groups is 1. The van der Waals surface area contributed by atoms with Crippen molar-refractivity contribution in [2.45, 2.75) is 55.5 Å². The van der Waals surface area contributed by atoms with Gasteiger partial charge in [0, 0.05) is 16.8 Å². The van der Waals surface area contributed by atoms with Crippen LogP contribution >= 0.6 is 23.4 Å². The first kappa shape index (κ1) is 20.0. The number of carbonyl (C=O) groups excluding carboxylic acids is 1. The molecule has 152 valence electrons. The summed E-state index contributed by atoms with van der Waals surface area (Å²) >= 11 is 7.82. The Balaban J connectivity index is 1.43. The molecule has 0 radical (unpaired) electrons. The molecule has 1 N–H and O–H groups in total. The highest BCUT2D eigenvalue weighted by atomic mass is 35.5. The minimum absolute atomic E-state index is 0.169. The summed E-state index contributed by atoms with van der Waals surface area (Å²) < 4.78 is 2.41. The van der Waals surface area contributed by atoms with Gasteiger partial charge in [0.1, 0.15) is 11.6 Å². The van der Waals surface area contributed by atoms with Crippen molar-refractivity contribution in [3.63, 3.8) is 0 Å². The van der Waals surface area contributed by atoms with Gasteiger partial charge in [-0.25, -0.2) is 9.48 Å². The smallest absolute Gasteiger partial charge is 0.350 e. The van der Waals surface area contributed by atoms with Gasteiger partial charge in [0.2, 0.25) is 5.91 Å². The van der Waals surface area contributed by atoms with Crippen molar-refractivity contribution in [2.24, 2.45) is 0 Å². The molecular formula is C20H22ClN5O2S. The average molecular weight is 432 g/mol. The summed E-state index contributed by atoms with van der Waals surface area (Å²) in [6.07, 6.45) is 6.17. The summed E-state index contributed by atoms with van der Waals surface area (Å²) in [6, 6.07) is 11.0. The number of hydrogen-bond acceptors (Lipinski definition) is 5. The van der Waals surface area contributed by atoms with Gasteiger partial charge in [-0.3, -0.25) is 4.79 Å². The predicted molar refractivity (Wildman–Crippen MR) is 113 cm³/mol. The minimum atomic E-state index is -0.418. The standard InChI is InChI=1S/C20H22ClN5O2S/c21-16-9-5-4-6-14(16)12-22-18(27)13-25-20(28)26-17(23-25)10-11-19(24-26)29-15-7-2-1-3-8-15/h4-6,9-11,15H,1-3,7-8,12-13H2,(H,22,27). The normalized spacial score (nSPS) is 14.9. The zero-order chi connectivity index (χ0) is 20.2. The number of aromatic nitrogens is 4. The van der Waals surface area contributed by atoms with E-state index in [9.17, 15) is 9.59 Å². The van der Waals surface area contributed by atoms with E-state index in [1.54, 1.807) is 23.9 Å². The molecule has 1 aliphatic carbocycles. The quantitative estimate of drug-likeness (QED) is 0.647. The summed E-state index contributed by atoms with van der Waals surface area (Å²) in [5.41, 5.74) is 0.830. The van der Waals surface area contributed by atoms with Crippen LogP contribution in [0.5, 0.6) is 0 Å². The van der Waals surface area contributed by atoms with Crippen LogP contribution in [0.3, 0.4) is 0 Å². The maximum atomic E-state index is 12.6. The molecule has 4 rings (SSSR count). The van der Waals surface area contributed by atoms with Crippen LogP contribution in [0.1, 0.15) is 37.7 Å². The van der Waals surface area contributed by atoms with Gasteiger partial charge in [-0.15, -0.1) is 16.9 Å². The number of nitrogens with one attached hydrogen (secondary N) is 1. The summed E-state index contributed by atoms with van der Waals surface area (Å²) in [5.74, 6) is -0.313. The monoisotopic (exact) mass is 431 g/mol. The van der Waals surface area contributed by atoms with Gasteiger partial charge in [0.05, 0.1) is 0 Å². The predicted octanol–water partition coefficient (Wildman–Crippen LogP) is 3.29. The number of benzene rings is 1. The Morgan fingerprint density at radius 3 is 2.72 bits per heavy atom. The molecule has 1 aliphatic rings. The van der Waals surface area contributed by atoms with Gasteiger partial charge in [-0.2, -0.15) is 9.61 Å². The van der Waals surface area contributed by atoms with Crippen molar-refractivity contribution >= 4 is 34.9 Å². The fraction of sp³-hybridized carbons (Fsp3) is 0.400. The van der Waals surface area contributed by atoms with Gasteiger partial charge in [-0.1, -0.05) is 49.1 Å². The van der Waals surface area contributed by atoms with E-state index in [-0.39, 0.29) is 12.5 Å². The number of nitrogens with zero attached hydrogens (tertiary/aromatic N) is 4. The Bertz CT molecular complexity index is 1070. The fourth-order valence-corrected chi connectivity index (χ4v) is 4.83. The molecule has 29 heavy (non-hydrogen) atoms. The molecule has 7 nitrogen and oxygen atoms in total. The summed E-state index contributed by atoms with van der Waals surface area (Å²) in [5, 5.41) is 13.4. The lowest BCUT2D eigenvalue weighted by Crippen LogP contribution is -2.32. The molecule has 0 unspecified atom stereocenters. The second kappa shape index (κ2) is 9.00. The number of amides is 1. The molecule has 2 heterocycles. The first-order valence-corrected chi connectivity index (χ1v) is 11.0. The van der Waals surface area contributed by atoms with Crippen LogP contribution in [-0.4, -0.2) is 30.6 Å². The first-order chi connectivity index (χ1) is 14.1. The summed E-state index contributed by atoms with van der Waals surface area (Å²) in [4.78, 5) is 24.9. The zero-order valence-corrected chi connectivity index (χ0v) is 17.5. The second-order valence-electron chi connectivity index (χ2n) is 7.13. The van der Waals surface area contributed by atoms with Crippen LogP contribution < -0.4 is 11.0 Å². The number of rotatable bonds is 6. The molecule has 1 aromatic carbocycles. The molecule has 0 spiro atoms. The van der Waals surface area contributed by atoms with E-state index in [0.717, 1.165) is 15.3 Å². The average Bonchev–Trinajstić information content (AvgIpc) is 3.03. The van der Waals surface area contributed by atoms with Crippen molar-refractivity contribution in [2.75, 3.05) is 0 Å². The lowest BCUT2D eigenvalue weighted by Gasteiger charge is -2.20. The van der Waals surface area contributed by atoms with Crippen molar-refractivity contribution in [3.05, 3.63) is 57.5 Å². The number of hydrogen-bond donors (Lipinski definition) is 1. The molecule has 0 aliphatic heterocycles. The Labute approximate surface area is 177 Å². The highest BCUT2D eigenvalue weighted by Crippen LogP contribution is 2.32. The van der Waals surface area contributed by atoms with Gasteiger partial charge in [0.25, 0.3) is 0 Å². The summed E-state index contributed by atoms with van der Waals surface area (Å²) in [7, 11) is 0. The number of fused-ring (bicyclic) bond motifs is 1. The van der Waals surface area contributed by atoms with Crippen molar-refractivity contribution in [1.29, 1.82) is 0 Å². The van der Waals surface area contributed by atoms with Crippen LogP contribution in [0.15, 0.2) is 46.2 Å². The van der Waals surface area contributed by atoms with Crippen LogP contribution in [-0.2, 0) is 17.9 Å². The first-order valence-electron chi connectivity index (χ1n) is 9.74. The maximum absolute atomic E-state index is 12.6. The van der Waals surface area contributed by atoms with Crippen molar-refractivity contribution in [3.8, 4) is 0 Å². The third-order valence-corrected chi connectivity index (χ3v) is 6.62. The molecule has 2 aromatic heterocycles. The third kappa shape index (κ3) is 4.82. The Morgan fingerprint density at radius 1 is 1.14 bits per heavy atom. The lowest BCUT2D eigenvalue weighted by molar-refractivity contribution is -0.122. The molecule has 1 amide bonds. The molecule has 0 atom stereocenters. The Hall–Kier alpha value is -2.32. The SMILES string of the molecule is O=C(Cn1nc2ccc(SC3CCCCC3)nn2c1=O)NCc1ccccc1Cl. The molecular weight excluding hydrogens is 410 g/mol. The number of carbonyl (C=O) groups is 1. The van der Waals surface area contributed by atoms with E-state index in [0.29, 0.717) is 22.5 Å². The van der Waals surface area contributed by atoms with E-state index in [4.69, 9.17) is 11.6 Å². The summed E-state index contributed by atoms with van der Waals surface area (Å²) in [6.45, 7) is 0.124. The Morgan fingerprint density at radius 2 is 1.93 bits per heavy atom. The topological polar surface area (TPSA) is 81.3 Å².